The van der Waals surface area contributed by atoms with Crippen LogP contribution >= 0.6 is 11.8 Å². The molecule has 7 atom stereocenters. The normalized spacial score (nSPS) is 35.2. The van der Waals surface area contributed by atoms with E-state index in [1.807, 2.05) is 10.9 Å². The van der Waals surface area contributed by atoms with E-state index in [2.05, 4.69) is 36.9 Å². The van der Waals surface area contributed by atoms with Crippen LogP contribution in [0.25, 0.3) is 11.8 Å². The molecule has 0 bridgehead atoms. The molecule has 2 aromatic rings. The number of carbonyl (C=O) groups excluding carboxylic acids is 1. The van der Waals surface area contributed by atoms with Gasteiger partial charge in [-0.25, -0.2) is 9.07 Å². The van der Waals surface area contributed by atoms with Gasteiger partial charge >= 0.3 is 0 Å². The molecule has 1 aromatic heterocycles. The highest BCUT2D eigenvalue weighted by Gasteiger charge is 2.63. The Morgan fingerprint density at radius 2 is 2.00 bits per heavy atom. The van der Waals surface area contributed by atoms with Crippen molar-refractivity contribution in [3.05, 3.63) is 53.1 Å². The molecule has 1 aromatic carbocycles. The third-order valence-corrected chi connectivity index (χ3v) is 11.1. The second-order valence-corrected chi connectivity index (χ2v) is 13.0. The molecule has 0 saturated heterocycles. The number of rotatable bonds is 3. The first-order valence-electron chi connectivity index (χ1n) is 13.7. The lowest BCUT2D eigenvalue weighted by Crippen LogP contribution is -2.57. The molecular weight excluding hydrogens is 499 g/mol. The Bertz CT molecular complexity index is 1340. The maximum atomic E-state index is 13.5. The molecule has 200 valence electrons. The molecule has 7 heteroatoms. The molecule has 5 nitrogen and oxygen atoms in total. The van der Waals surface area contributed by atoms with E-state index in [9.17, 15) is 14.3 Å². The number of hydrogen-bond donors (Lipinski definition) is 2. The van der Waals surface area contributed by atoms with Gasteiger partial charge in [0.25, 0.3) is 0 Å². The van der Waals surface area contributed by atoms with E-state index in [0.29, 0.717) is 24.0 Å². The van der Waals surface area contributed by atoms with Crippen molar-refractivity contribution in [2.24, 2.45) is 34.5 Å². The van der Waals surface area contributed by atoms with Gasteiger partial charge in [0, 0.05) is 5.92 Å². The van der Waals surface area contributed by atoms with Crippen LogP contribution in [0.4, 0.5) is 4.39 Å². The second-order valence-electron chi connectivity index (χ2n) is 12.1. The fraction of sp³-hybridized carbons (Fsp3) is 0.548. The van der Waals surface area contributed by atoms with Crippen molar-refractivity contribution in [2.75, 3.05) is 12.4 Å². The highest BCUT2D eigenvalue weighted by molar-refractivity contribution is 8.13. The van der Waals surface area contributed by atoms with Crippen LogP contribution in [0.15, 0.2) is 36.0 Å². The molecule has 0 radical (unpaired) electrons. The summed E-state index contributed by atoms with van der Waals surface area (Å²) in [7, 11) is 0. The SMILES string of the molecule is CC12Cc3cnn(-c4ccc(F)cc4)c3C=C1CCC1C2C(O)CC2(C)C(C(=O)SCC#CCO)CCC12. The minimum absolute atomic E-state index is 0.0549. The summed E-state index contributed by atoms with van der Waals surface area (Å²) in [5.41, 5.74) is 4.11. The lowest BCUT2D eigenvalue weighted by molar-refractivity contribution is -0.136. The van der Waals surface area contributed by atoms with Gasteiger partial charge in [-0.15, -0.1) is 0 Å². The number of aliphatic hydroxyl groups is 2. The average molecular weight is 535 g/mol. The van der Waals surface area contributed by atoms with E-state index in [-0.39, 0.29) is 40.2 Å². The van der Waals surface area contributed by atoms with E-state index in [1.54, 1.807) is 12.1 Å². The highest BCUT2D eigenvalue weighted by atomic mass is 32.2. The summed E-state index contributed by atoms with van der Waals surface area (Å²) in [4.78, 5) is 13.2. The zero-order chi connectivity index (χ0) is 26.7. The summed E-state index contributed by atoms with van der Waals surface area (Å²) in [6.45, 7) is 4.38. The van der Waals surface area contributed by atoms with Crippen molar-refractivity contribution < 1.29 is 19.4 Å². The molecule has 7 unspecified atom stereocenters. The number of nitrogens with zero attached hydrogens (tertiary/aromatic N) is 2. The van der Waals surface area contributed by atoms with Crippen LogP contribution in [0.1, 0.15) is 57.2 Å². The number of benzene rings is 1. The second kappa shape index (κ2) is 9.66. The van der Waals surface area contributed by atoms with Gasteiger partial charge in [0.1, 0.15) is 12.4 Å². The molecule has 3 saturated carbocycles. The van der Waals surface area contributed by atoms with Crippen LogP contribution in [0.3, 0.4) is 0 Å². The van der Waals surface area contributed by atoms with Gasteiger partial charge in [-0.2, -0.15) is 5.10 Å². The van der Waals surface area contributed by atoms with Crippen LogP contribution in [-0.4, -0.2) is 43.6 Å². The van der Waals surface area contributed by atoms with Crippen molar-refractivity contribution in [1.82, 2.24) is 9.78 Å². The van der Waals surface area contributed by atoms with Gasteiger partial charge in [-0.3, -0.25) is 4.79 Å². The van der Waals surface area contributed by atoms with E-state index in [4.69, 9.17) is 5.11 Å². The number of hydrogen-bond acceptors (Lipinski definition) is 5. The molecule has 0 spiro atoms. The van der Waals surface area contributed by atoms with Crippen LogP contribution in [0.5, 0.6) is 0 Å². The average Bonchev–Trinajstić information content (AvgIpc) is 3.45. The molecule has 6 rings (SSSR count). The standard InChI is InChI=1S/C31H35FN2O3S/c1-30-16-19-18-33-34(22-8-6-21(32)7-9-22)26(19)15-20(30)5-10-23-24-11-12-25(29(37)38-14-4-3-13-35)31(24,2)17-27(36)28(23)30/h6-9,15,18,23-25,27-28,35-36H,5,10-14,16-17H2,1-2H3. The molecule has 2 N–H and O–H groups in total. The highest BCUT2D eigenvalue weighted by Crippen LogP contribution is 2.67. The predicted octanol–water partition coefficient (Wildman–Crippen LogP) is 5.04. The Morgan fingerprint density at radius 3 is 2.76 bits per heavy atom. The number of allylic oxidation sites excluding steroid dienone is 1. The van der Waals surface area contributed by atoms with Gasteiger partial charge in [0.2, 0.25) is 0 Å². The number of aromatic nitrogens is 2. The van der Waals surface area contributed by atoms with Crippen molar-refractivity contribution in [3.8, 4) is 17.5 Å². The summed E-state index contributed by atoms with van der Waals surface area (Å²) < 4.78 is 15.4. The fourth-order valence-electron chi connectivity index (χ4n) is 8.67. The lowest BCUT2D eigenvalue weighted by Gasteiger charge is -2.59. The third kappa shape index (κ3) is 3.99. The topological polar surface area (TPSA) is 75.3 Å². The van der Waals surface area contributed by atoms with Crippen LogP contribution in [0.2, 0.25) is 0 Å². The Hall–Kier alpha value is -2.40. The molecule has 0 aliphatic heterocycles. The summed E-state index contributed by atoms with van der Waals surface area (Å²) in [6.07, 6.45) is 9.15. The van der Waals surface area contributed by atoms with Crippen LogP contribution < -0.4 is 0 Å². The van der Waals surface area contributed by atoms with Crippen molar-refractivity contribution in [1.29, 1.82) is 0 Å². The summed E-state index contributed by atoms with van der Waals surface area (Å²) in [5.74, 6) is 6.53. The van der Waals surface area contributed by atoms with Gasteiger partial charge in [-0.05, 0) is 103 Å². The molecule has 4 aliphatic rings. The maximum absolute atomic E-state index is 13.5. The van der Waals surface area contributed by atoms with Gasteiger partial charge in [-0.1, -0.05) is 43.0 Å². The first-order chi connectivity index (χ1) is 18.3. The van der Waals surface area contributed by atoms with E-state index in [0.717, 1.165) is 43.5 Å². The van der Waals surface area contributed by atoms with Crippen LogP contribution in [0, 0.1) is 52.2 Å². The fourth-order valence-corrected chi connectivity index (χ4v) is 9.58. The smallest absolute Gasteiger partial charge is 0.193 e. The minimum Gasteiger partial charge on any atom is -0.393 e. The first kappa shape index (κ1) is 25.9. The first-order valence-corrected chi connectivity index (χ1v) is 14.7. The summed E-state index contributed by atoms with van der Waals surface area (Å²) >= 11 is 1.27. The van der Waals surface area contributed by atoms with E-state index >= 15 is 0 Å². The molecule has 3 fully saturated rings. The Labute approximate surface area is 227 Å². The number of aliphatic hydroxyl groups excluding tert-OH is 2. The number of carbonyl (C=O) groups is 1. The lowest BCUT2D eigenvalue weighted by atomic mass is 9.46. The third-order valence-electron chi connectivity index (χ3n) is 10.3. The predicted molar refractivity (Wildman–Crippen MR) is 147 cm³/mol. The zero-order valence-corrected chi connectivity index (χ0v) is 22.8. The summed E-state index contributed by atoms with van der Waals surface area (Å²) in [6, 6.07) is 6.44. The monoisotopic (exact) mass is 534 g/mol. The Balaban J connectivity index is 1.27. The molecule has 4 aliphatic carbocycles. The molecular formula is C31H35FN2O3S. The maximum Gasteiger partial charge on any atom is 0.193 e. The van der Waals surface area contributed by atoms with Gasteiger partial charge < -0.3 is 10.2 Å². The minimum atomic E-state index is -0.462. The molecule has 38 heavy (non-hydrogen) atoms. The zero-order valence-electron chi connectivity index (χ0n) is 22.0. The quantitative estimate of drug-likeness (QED) is 0.540. The van der Waals surface area contributed by atoms with Crippen molar-refractivity contribution in [2.45, 2.75) is 58.5 Å². The number of halogens is 1. The molecule has 1 heterocycles. The number of fused-ring (bicyclic) bond motifs is 6. The largest absolute Gasteiger partial charge is 0.393 e. The van der Waals surface area contributed by atoms with E-state index < -0.39 is 6.10 Å². The van der Waals surface area contributed by atoms with Crippen LogP contribution in [-0.2, 0) is 11.2 Å². The number of thioether (sulfide) groups is 1. The van der Waals surface area contributed by atoms with E-state index in [1.165, 1.54) is 35.0 Å². The molecule has 0 amide bonds. The van der Waals surface area contributed by atoms with Gasteiger partial charge in [0.05, 0.1) is 29.4 Å². The Morgan fingerprint density at radius 1 is 1.21 bits per heavy atom. The Kier molecular flexibility index (Phi) is 6.57. The van der Waals surface area contributed by atoms with Crippen molar-refractivity contribution in [3.63, 3.8) is 0 Å². The van der Waals surface area contributed by atoms with Gasteiger partial charge in [0.15, 0.2) is 5.12 Å². The summed E-state index contributed by atoms with van der Waals surface area (Å²) in [5, 5.41) is 25.5. The van der Waals surface area contributed by atoms with Crippen molar-refractivity contribution >= 4 is 23.0 Å².